The number of hydrogen-bond donors (Lipinski definition) is 1. The Kier molecular flexibility index (Phi) is 25.5. The van der Waals surface area contributed by atoms with Gasteiger partial charge < -0.3 is 9.84 Å². The zero-order valence-electron chi connectivity index (χ0n) is 11.9. The molecule has 0 saturated heterocycles. The van der Waals surface area contributed by atoms with Crippen molar-refractivity contribution >= 4 is 0 Å². The van der Waals surface area contributed by atoms with Crippen LogP contribution < -0.4 is 0 Å². The Morgan fingerprint density at radius 1 is 0.737 bits per heavy atom. The Morgan fingerprint density at radius 2 is 1.21 bits per heavy atom. The summed E-state index contributed by atoms with van der Waals surface area (Å²) in [6.45, 7) is 6.07. The van der Waals surface area contributed by atoms with Crippen LogP contribution in [-0.4, -0.2) is 24.9 Å². The highest BCUT2D eigenvalue weighted by Crippen LogP contribution is 2.12. The highest BCUT2D eigenvalue weighted by Gasteiger charge is 1.95. The third-order valence-electron chi connectivity index (χ3n) is 3.06. The average Bonchev–Trinajstić information content (AvgIpc) is 2.30. The third-order valence-corrected chi connectivity index (χ3v) is 3.06. The second-order valence-corrected chi connectivity index (χ2v) is 5.35. The van der Waals surface area contributed by atoms with Crippen LogP contribution in [0.3, 0.4) is 0 Å². The largest absolute Gasteiger partial charge is 0.394 e. The molecular formula is C17H40O2. The summed E-state index contributed by atoms with van der Waals surface area (Å²) in [5.74, 6) is 0.869. The van der Waals surface area contributed by atoms with Gasteiger partial charge in [0.25, 0.3) is 0 Å². The van der Waals surface area contributed by atoms with Crippen LogP contribution in [0.5, 0.6) is 0 Å². The summed E-state index contributed by atoms with van der Waals surface area (Å²) >= 11 is 0. The van der Waals surface area contributed by atoms with Crippen LogP contribution in [0.15, 0.2) is 0 Å². The minimum absolute atomic E-state index is 0. The molecule has 0 rings (SSSR count). The van der Waals surface area contributed by atoms with E-state index in [0.717, 1.165) is 18.9 Å². The molecule has 0 fully saturated rings. The molecule has 0 spiro atoms. The molecule has 0 unspecified atom stereocenters. The molecule has 0 aromatic heterocycles. The van der Waals surface area contributed by atoms with E-state index in [2.05, 4.69) is 13.8 Å². The smallest absolute Gasteiger partial charge is 0.0697 e. The summed E-state index contributed by atoms with van der Waals surface area (Å²) in [7, 11) is 0. The van der Waals surface area contributed by atoms with Gasteiger partial charge in [-0.3, -0.25) is 0 Å². The van der Waals surface area contributed by atoms with E-state index in [1.54, 1.807) is 0 Å². The van der Waals surface area contributed by atoms with E-state index in [0.29, 0.717) is 6.61 Å². The Labute approximate surface area is 122 Å². The lowest BCUT2D eigenvalue weighted by Gasteiger charge is -2.05. The maximum atomic E-state index is 8.52. The first kappa shape index (κ1) is 24.0. The van der Waals surface area contributed by atoms with Crippen molar-refractivity contribution in [3.8, 4) is 0 Å². The minimum atomic E-state index is 0. The van der Waals surface area contributed by atoms with E-state index in [1.165, 1.54) is 51.4 Å². The topological polar surface area (TPSA) is 29.5 Å². The molecule has 0 aliphatic rings. The summed E-state index contributed by atoms with van der Waals surface area (Å²) in [5.41, 5.74) is 0. The van der Waals surface area contributed by atoms with Crippen molar-refractivity contribution in [2.75, 3.05) is 19.8 Å². The molecule has 2 nitrogen and oxygen atoms in total. The molecule has 0 bridgehead atoms. The zero-order valence-corrected chi connectivity index (χ0v) is 11.9. The standard InChI is InChI=1S/C15H32O2.2CH4/c1-15(2)11-9-7-5-3-4-6-8-10-13-17-14-12-16;;/h15-16H,3-14H2,1-2H3;2*1H4. The van der Waals surface area contributed by atoms with Crippen LogP contribution in [0, 0.1) is 5.92 Å². The van der Waals surface area contributed by atoms with Gasteiger partial charge >= 0.3 is 0 Å². The maximum absolute atomic E-state index is 8.52. The van der Waals surface area contributed by atoms with E-state index in [9.17, 15) is 0 Å². The second kappa shape index (κ2) is 20.2. The summed E-state index contributed by atoms with van der Waals surface area (Å²) in [6, 6.07) is 0. The van der Waals surface area contributed by atoms with E-state index in [4.69, 9.17) is 9.84 Å². The van der Waals surface area contributed by atoms with Gasteiger partial charge in [0.15, 0.2) is 0 Å². The van der Waals surface area contributed by atoms with Gasteiger partial charge in [0.2, 0.25) is 0 Å². The van der Waals surface area contributed by atoms with Crippen LogP contribution in [0.25, 0.3) is 0 Å². The van der Waals surface area contributed by atoms with Crippen molar-refractivity contribution in [1.82, 2.24) is 0 Å². The van der Waals surface area contributed by atoms with E-state index in [1.807, 2.05) is 0 Å². The summed E-state index contributed by atoms with van der Waals surface area (Å²) in [4.78, 5) is 0. The van der Waals surface area contributed by atoms with Crippen molar-refractivity contribution in [1.29, 1.82) is 0 Å². The van der Waals surface area contributed by atoms with Gasteiger partial charge in [-0.2, -0.15) is 0 Å². The van der Waals surface area contributed by atoms with Crippen molar-refractivity contribution in [3.05, 3.63) is 0 Å². The van der Waals surface area contributed by atoms with Crippen LogP contribution in [-0.2, 0) is 4.74 Å². The first-order chi connectivity index (χ1) is 8.27. The van der Waals surface area contributed by atoms with Crippen LogP contribution in [0.1, 0.15) is 86.5 Å². The van der Waals surface area contributed by atoms with Gasteiger partial charge in [0, 0.05) is 6.61 Å². The van der Waals surface area contributed by atoms with E-state index < -0.39 is 0 Å². The van der Waals surface area contributed by atoms with Crippen molar-refractivity contribution < 1.29 is 9.84 Å². The maximum Gasteiger partial charge on any atom is 0.0697 e. The first-order valence-corrected chi connectivity index (χ1v) is 7.46. The Balaban J connectivity index is -0.00000128. The van der Waals surface area contributed by atoms with Crippen LogP contribution in [0.2, 0.25) is 0 Å². The first-order valence-electron chi connectivity index (χ1n) is 7.46. The number of rotatable bonds is 13. The van der Waals surface area contributed by atoms with E-state index in [-0.39, 0.29) is 21.5 Å². The molecular weight excluding hydrogens is 236 g/mol. The molecule has 0 aliphatic heterocycles. The SMILES string of the molecule is C.C.CC(C)CCCCCCCCCCOCCO. The number of unbranched alkanes of at least 4 members (excludes halogenated alkanes) is 7. The van der Waals surface area contributed by atoms with Gasteiger partial charge in [-0.05, 0) is 12.3 Å². The number of aliphatic hydroxyl groups excluding tert-OH is 1. The zero-order chi connectivity index (χ0) is 12.8. The number of ether oxygens (including phenoxy) is 1. The molecule has 1 N–H and O–H groups in total. The Bertz CT molecular complexity index is 135. The van der Waals surface area contributed by atoms with Crippen molar-refractivity contribution in [3.63, 3.8) is 0 Å². The van der Waals surface area contributed by atoms with Crippen molar-refractivity contribution in [2.45, 2.75) is 86.5 Å². The molecule has 19 heavy (non-hydrogen) atoms. The average molecular weight is 277 g/mol. The second-order valence-electron chi connectivity index (χ2n) is 5.35. The lowest BCUT2D eigenvalue weighted by Crippen LogP contribution is -2.00. The Hall–Kier alpha value is -0.0800. The van der Waals surface area contributed by atoms with Gasteiger partial charge in [-0.1, -0.05) is 80.1 Å². The molecule has 0 amide bonds. The quantitative estimate of drug-likeness (QED) is 0.454. The monoisotopic (exact) mass is 276 g/mol. The minimum Gasteiger partial charge on any atom is -0.394 e. The molecule has 0 radical (unpaired) electrons. The molecule has 2 heteroatoms. The van der Waals surface area contributed by atoms with Crippen molar-refractivity contribution in [2.24, 2.45) is 5.92 Å². The molecule has 0 saturated carbocycles. The highest BCUT2D eigenvalue weighted by molar-refractivity contribution is 4.49. The normalized spacial score (nSPS) is 10.1. The summed E-state index contributed by atoms with van der Waals surface area (Å²) in [5, 5.41) is 8.52. The summed E-state index contributed by atoms with van der Waals surface area (Å²) < 4.78 is 5.21. The predicted octanol–water partition coefficient (Wildman–Crippen LogP) is 5.43. The third kappa shape index (κ3) is 23.4. The fourth-order valence-electron chi connectivity index (χ4n) is 1.98. The summed E-state index contributed by atoms with van der Waals surface area (Å²) in [6.07, 6.45) is 12.2. The van der Waals surface area contributed by atoms with Crippen LogP contribution in [0.4, 0.5) is 0 Å². The van der Waals surface area contributed by atoms with E-state index >= 15 is 0 Å². The molecule has 0 atom stereocenters. The van der Waals surface area contributed by atoms with Gasteiger partial charge in [-0.25, -0.2) is 0 Å². The fourth-order valence-corrected chi connectivity index (χ4v) is 1.98. The molecule has 0 aromatic rings. The fraction of sp³-hybridized carbons (Fsp3) is 1.00. The molecule has 0 heterocycles. The molecule has 120 valence electrons. The van der Waals surface area contributed by atoms with Gasteiger partial charge in [0.05, 0.1) is 13.2 Å². The lowest BCUT2D eigenvalue weighted by atomic mass is 10.0. The molecule has 0 aromatic carbocycles. The lowest BCUT2D eigenvalue weighted by molar-refractivity contribution is 0.0895. The highest BCUT2D eigenvalue weighted by atomic mass is 16.5. The van der Waals surface area contributed by atoms with Gasteiger partial charge in [0.1, 0.15) is 0 Å². The van der Waals surface area contributed by atoms with Crippen LogP contribution >= 0.6 is 0 Å². The number of aliphatic hydroxyl groups is 1. The number of hydrogen-bond acceptors (Lipinski definition) is 2. The van der Waals surface area contributed by atoms with Gasteiger partial charge in [-0.15, -0.1) is 0 Å². The Morgan fingerprint density at radius 3 is 1.68 bits per heavy atom. The molecule has 0 aliphatic carbocycles. The predicted molar refractivity (Wildman–Crippen MR) is 87.8 cm³/mol.